The van der Waals surface area contributed by atoms with Gasteiger partial charge in [0.25, 0.3) is 0 Å². The molecule has 1 N–H and O–H groups in total. The van der Waals surface area contributed by atoms with Crippen molar-refractivity contribution in [2.24, 2.45) is 5.41 Å². The van der Waals surface area contributed by atoms with Gasteiger partial charge in [0.1, 0.15) is 0 Å². The third-order valence-electron chi connectivity index (χ3n) is 4.57. The molecule has 1 aromatic rings. The van der Waals surface area contributed by atoms with Crippen LogP contribution in [-0.2, 0) is 6.18 Å². The molecular formula is C16H23F3N2. The van der Waals surface area contributed by atoms with E-state index in [0.717, 1.165) is 31.7 Å². The zero-order valence-electron chi connectivity index (χ0n) is 12.6. The smallest absolute Gasteiger partial charge is 0.310 e. The Morgan fingerprint density at radius 2 is 1.95 bits per heavy atom. The first-order chi connectivity index (χ1) is 9.88. The third-order valence-corrected chi connectivity index (χ3v) is 4.57. The number of alkyl halides is 3. The fourth-order valence-electron chi connectivity index (χ4n) is 3.48. The van der Waals surface area contributed by atoms with Crippen LogP contribution < -0.4 is 5.32 Å². The van der Waals surface area contributed by atoms with Gasteiger partial charge in [0.05, 0.1) is 5.56 Å². The molecule has 5 heteroatoms. The first-order valence-corrected chi connectivity index (χ1v) is 7.63. The Morgan fingerprint density at radius 1 is 1.29 bits per heavy atom. The van der Waals surface area contributed by atoms with Crippen LogP contribution in [0.4, 0.5) is 13.2 Å². The largest absolute Gasteiger partial charge is 0.416 e. The third kappa shape index (κ3) is 3.57. The van der Waals surface area contributed by atoms with Gasteiger partial charge in [-0.15, -0.1) is 0 Å². The summed E-state index contributed by atoms with van der Waals surface area (Å²) < 4.78 is 39.9. The normalized spacial score (nSPS) is 20.2. The van der Waals surface area contributed by atoms with Gasteiger partial charge < -0.3 is 5.32 Å². The Hall–Kier alpha value is -1.10. The Bertz CT molecular complexity index is 465. The van der Waals surface area contributed by atoms with E-state index in [9.17, 15) is 13.2 Å². The van der Waals surface area contributed by atoms with Crippen LogP contribution in [-0.4, -0.2) is 11.5 Å². The molecular weight excluding hydrogens is 277 g/mol. The quantitative estimate of drug-likeness (QED) is 0.870. The van der Waals surface area contributed by atoms with Crippen molar-refractivity contribution in [3.05, 3.63) is 29.6 Å². The fourth-order valence-corrected chi connectivity index (χ4v) is 3.48. The Labute approximate surface area is 124 Å². The summed E-state index contributed by atoms with van der Waals surface area (Å²) in [6.07, 6.45) is 3.52. The molecule has 0 aliphatic heterocycles. The Kier molecular flexibility index (Phi) is 4.91. The van der Waals surface area contributed by atoms with E-state index in [0.29, 0.717) is 6.54 Å². The van der Waals surface area contributed by atoms with Crippen LogP contribution in [0, 0.1) is 5.41 Å². The number of nitrogens with one attached hydrogen (secondary N) is 1. The van der Waals surface area contributed by atoms with E-state index in [2.05, 4.69) is 17.2 Å². The van der Waals surface area contributed by atoms with Gasteiger partial charge in [0.15, 0.2) is 0 Å². The van der Waals surface area contributed by atoms with Crippen molar-refractivity contribution >= 4 is 0 Å². The number of rotatable bonds is 4. The maximum absolute atomic E-state index is 13.3. The van der Waals surface area contributed by atoms with Crippen molar-refractivity contribution in [2.45, 2.75) is 58.2 Å². The van der Waals surface area contributed by atoms with E-state index in [-0.39, 0.29) is 17.0 Å². The summed E-state index contributed by atoms with van der Waals surface area (Å²) in [5.74, 6) is 0. The molecule has 0 spiro atoms. The highest BCUT2D eigenvalue weighted by atomic mass is 19.4. The minimum atomic E-state index is -4.34. The van der Waals surface area contributed by atoms with Crippen molar-refractivity contribution in [2.75, 3.05) is 6.54 Å². The first kappa shape index (κ1) is 16.3. The number of halogens is 3. The second-order valence-corrected chi connectivity index (χ2v) is 6.17. The second-order valence-electron chi connectivity index (χ2n) is 6.17. The minimum absolute atomic E-state index is 0.142. The van der Waals surface area contributed by atoms with E-state index in [1.54, 1.807) is 0 Å². The predicted molar refractivity (Wildman–Crippen MR) is 76.8 cm³/mol. The maximum Gasteiger partial charge on any atom is 0.416 e. The van der Waals surface area contributed by atoms with Crippen LogP contribution in [0.3, 0.4) is 0 Å². The average molecular weight is 300 g/mol. The summed E-state index contributed by atoms with van der Waals surface area (Å²) in [6.45, 7) is 4.68. The molecule has 1 atom stereocenters. The van der Waals surface area contributed by atoms with E-state index < -0.39 is 11.7 Å². The zero-order chi connectivity index (χ0) is 15.5. The number of aromatic nitrogens is 1. The van der Waals surface area contributed by atoms with Crippen LogP contribution >= 0.6 is 0 Å². The van der Waals surface area contributed by atoms with Crippen molar-refractivity contribution in [3.8, 4) is 0 Å². The van der Waals surface area contributed by atoms with Gasteiger partial charge in [-0.05, 0) is 30.9 Å². The van der Waals surface area contributed by atoms with Crippen molar-refractivity contribution in [3.63, 3.8) is 0 Å². The molecule has 0 radical (unpaired) electrons. The van der Waals surface area contributed by atoms with Crippen LogP contribution in [0.25, 0.3) is 0 Å². The van der Waals surface area contributed by atoms with Crippen molar-refractivity contribution in [1.82, 2.24) is 10.3 Å². The fraction of sp³-hybridized carbons (Fsp3) is 0.688. The standard InChI is InChI=1S/C16H23F3N2/c1-3-21-14(15(2)8-5-4-6-9-15)12-11-20-10-7-13(12)16(17,18)19/h7,10-11,14,21H,3-6,8-9H2,1-2H3. The molecule has 1 aliphatic rings. The molecule has 0 bridgehead atoms. The lowest BCUT2D eigenvalue weighted by Crippen LogP contribution is -2.39. The molecule has 1 fully saturated rings. The van der Waals surface area contributed by atoms with E-state index in [4.69, 9.17) is 0 Å². The van der Waals surface area contributed by atoms with Crippen molar-refractivity contribution < 1.29 is 13.2 Å². The Balaban J connectivity index is 2.43. The number of nitrogens with zero attached hydrogens (tertiary/aromatic N) is 1. The van der Waals surface area contributed by atoms with Crippen LogP contribution in [0.2, 0.25) is 0 Å². The van der Waals surface area contributed by atoms with Gasteiger partial charge >= 0.3 is 6.18 Å². The first-order valence-electron chi connectivity index (χ1n) is 7.63. The van der Waals surface area contributed by atoms with Crippen LogP contribution in [0.5, 0.6) is 0 Å². The van der Waals surface area contributed by atoms with Gasteiger partial charge in [0, 0.05) is 24.0 Å². The van der Waals surface area contributed by atoms with Gasteiger partial charge in [0.2, 0.25) is 0 Å². The van der Waals surface area contributed by atoms with E-state index in [1.165, 1.54) is 18.8 Å². The number of hydrogen-bond donors (Lipinski definition) is 1. The summed E-state index contributed by atoms with van der Waals surface area (Å²) in [4.78, 5) is 3.95. The molecule has 0 saturated heterocycles. The number of hydrogen-bond acceptors (Lipinski definition) is 2. The molecule has 1 aliphatic carbocycles. The summed E-state index contributed by atoms with van der Waals surface area (Å²) in [6, 6.07) is 0.791. The summed E-state index contributed by atoms with van der Waals surface area (Å²) in [5, 5.41) is 3.28. The average Bonchev–Trinajstić information content (AvgIpc) is 2.44. The molecule has 2 rings (SSSR count). The molecule has 0 amide bonds. The molecule has 1 unspecified atom stereocenters. The monoisotopic (exact) mass is 300 g/mol. The SMILES string of the molecule is CCNC(c1cnccc1C(F)(F)F)C1(C)CCCCC1. The van der Waals surface area contributed by atoms with E-state index >= 15 is 0 Å². The summed E-state index contributed by atoms with van der Waals surface area (Å²) >= 11 is 0. The molecule has 0 aromatic carbocycles. The van der Waals surface area contributed by atoms with Crippen molar-refractivity contribution in [1.29, 1.82) is 0 Å². The highest BCUT2D eigenvalue weighted by Crippen LogP contribution is 2.47. The van der Waals surface area contributed by atoms with Gasteiger partial charge in [-0.25, -0.2) is 0 Å². The summed E-state index contributed by atoms with van der Waals surface area (Å²) in [5.41, 5.74) is -0.413. The topological polar surface area (TPSA) is 24.9 Å². The highest BCUT2D eigenvalue weighted by Gasteiger charge is 2.41. The molecule has 1 saturated carbocycles. The molecule has 21 heavy (non-hydrogen) atoms. The molecule has 2 nitrogen and oxygen atoms in total. The molecule has 1 heterocycles. The minimum Gasteiger partial charge on any atom is -0.310 e. The lowest BCUT2D eigenvalue weighted by atomic mass is 9.68. The zero-order valence-corrected chi connectivity index (χ0v) is 12.6. The highest BCUT2D eigenvalue weighted by molar-refractivity contribution is 5.31. The summed E-state index contributed by atoms with van der Waals surface area (Å²) in [7, 11) is 0. The lowest BCUT2D eigenvalue weighted by Gasteiger charge is -2.42. The lowest BCUT2D eigenvalue weighted by molar-refractivity contribution is -0.138. The Morgan fingerprint density at radius 3 is 2.52 bits per heavy atom. The van der Waals surface area contributed by atoms with Crippen LogP contribution in [0.15, 0.2) is 18.5 Å². The van der Waals surface area contributed by atoms with Gasteiger partial charge in [-0.2, -0.15) is 13.2 Å². The second kappa shape index (κ2) is 6.34. The van der Waals surface area contributed by atoms with Gasteiger partial charge in [-0.1, -0.05) is 33.1 Å². The van der Waals surface area contributed by atoms with E-state index in [1.807, 2.05) is 6.92 Å². The number of pyridine rings is 1. The molecule has 1 aromatic heterocycles. The maximum atomic E-state index is 13.3. The molecule has 118 valence electrons. The predicted octanol–water partition coefficient (Wildman–Crippen LogP) is 4.72. The van der Waals surface area contributed by atoms with Crippen LogP contribution in [0.1, 0.15) is 63.1 Å². The van der Waals surface area contributed by atoms with Gasteiger partial charge in [-0.3, -0.25) is 4.98 Å².